The second kappa shape index (κ2) is 4.14. The van der Waals surface area contributed by atoms with Crippen LogP contribution in [0.1, 0.15) is 5.56 Å². The molecule has 0 amide bonds. The van der Waals surface area contributed by atoms with E-state index in [0.717, 1.165) is 12.1 Å². The zero-order chi connectivity index (χ0) is 10.6. The quantitative estimate of drug-likeness (QED) is 0.410. The zero-order valence-corrected chi connectivity index (χ0v) is 6.98. The van der Waals surface area contributed by atoms with Crippen molar-refractivity contribution in [1.29, 1.82) is 5.26 Å². The van der Waals surface area contributed by atoms with E-state index in [1.54, 1.807) is 6.07 Å². The third-order valence-electron chi connectivity index (χ3n) is 1.54. The molecule has 1 rings (SSSR count). The number of nitrogens with zero attached hydrogens (tertiary/aromatic N) is 2. The Hall–Kier alpha value is -2.22. The minimum absolute atomic E-state index is 0.0285. The van der Waals surface area contributed by atoms with Gasteiger partial charge in [0.2, 0.25) is 5.82 Å². The first-order valence-electron chi connectivity index (χ1n) is 3.66. The van der Waals surface area contributed by atoms with Gasteiger partial charge in [-0.05, 0) is 6.08 Å². The number of halogens is 1. The van der Waals surface area contributed by atoms with Crippen LogP contribution in [0.25, 0.3) is 6.08 Å². The second-order valence-electron chi connectivity index (χ2n) is 2.40. The number of nitro groups is 1. The lowest BCUT2D eigenvalue weighted by Crippen LogP contribution is -1.93. The van der Waals surface area contributed by atoms with Gasteiger partial charge in [-0.2, -0.15) is 9.65 Å². The Morgan fingerprint density at radius 1 is 1.57 bits per heavy atom. The fourth-order valence-corrected chi connectivity index (χ4v) is 0.934. The molecule has 70 valence electrons. The van der Waals surface area contributed by atoms with Crippen LogP contribution < -0.4 is 0 Å². The van der Waals surface area contributed by atoms with Gasteiger partial charge in [0.05, 0.1) is 11.0 Å². The zero-order valence-electron chi connectivity index (χ0n) is 6.98. The Labute approximate surface area is 79.0 Å². The molecule has 0 heterocycles. The van der Waals surface area contributed by atoms with Gasteiger partial charge in [0.1, 0.15) is 0 Å². The number of nitro benzene ring substituents is 1. The summed E-state index contributed by atoms with van der Waals surface area (Å²) in [5, 5.41) is 18.5. The summed E-state index contributed by atoms with van der Waals surface area (Å²) in [6.07, 6.45) is 2.24. The van der Waals surface area contributed by atoms with Crippen LogP contribution in [-0.4, -0.2) is 4.92 Å². The van der Waals surface area contributed by atoms with Crippen LogP contribution in [0.4, 0.5) is 10.1 Å². The molecule has 0 unspecified atom stereocenters. The van der Waals surface area contributed by atoms with Crippen molar-refractivity contribution >= 4 is 11.8 Å². The summed E-state index contributed by atoms with van der Waals surface area (Å²) in [6, 6.07) is 5.46. The summed E-state index contributed by atoms with van der Waals surface area (Å²) in [5.74, 6) is -0.927. The van der Waals surface area contributed by atoms with Crippen LogP contribution in [0.2, 0.25) is 0 Å². The Bertz CT molecular complexity index is 435. The lowest BCUT2D eigenvalue weighted by Gasteiger charge is -1.96. The molecule has 5 heteroatoms. The molecule has 0 bridgehead atoms. The molecule has 0 atom stereocenters. The Morgan fingerprint density at radius 2 is 2.29 bits per heavy atom. The summed E-state index contributed by atoms with van der Waals surface area (Å²) in [5.41, 5.74) is -0.564. The van der Waals surface area contributed by atoms with Gasteiger partial charge >= 0.3 is 5.69 Å². The van der Waals surface area contributed by atoms with Crippen LogP contribution in [0, 0.1) is 27.3 Å². The molecule has 0 spiro atoms. The molecule has 0 radical (unpaired) electrons. The van der Waals surface area contributed by atoms with Crippen molar-refractivity contribution in [2.24, 2.45) is 0 Å². The maximum absolute atomic E-state index is 13.2. The molecule has 0 fully saturated rings. The number of hydrogen-bond acceptors (Lipinski definition) is 3. The van der Waals surface area contributed by atoms with Gasteiger partial charge in [-0.1, -0.05) is 12.1 Å². The van der Waals surface area contributed by atoms with Gasteiger partial charge in [0, 0.05) is 17.7 Å². The minimum atomic E-state index is -0.927. The SMILES string of the molecule is N#CC=Cc1cccc([N+](=O)[O-])c1F. The highest BCUT2D eigenvalue weighted by Gasteiger charge is 2.15. The maximum Gasteiger partial charge on any atom is 0.305 e. The Kier molecular flexibility index (Phi) is 2.92. The molecule has 1 aromatic carbocycles. The lowest BCUT2D eigenvalue weighted by molar-refractivity contribution is -0.387. The number of benzene rings is 1. The molecule has 0 saturated heterocycles. The number of rotatable bonds is 2. The van der Waals surface area contributed by atoms with Crippen LogP contribution >= 0.6 is 0 Å². The molecule has 14 heavy (non-hydrogen) atoms. The van der Waals surface area contributed by atoms with E-state index in [1.807, 2.05) is 0 Å². The molecule has 0 aliphatic rings. The van der Waals surface area contributed by atoms with Crippen molar-refractivity contribution in [2.75, 3.05) is 0 Å². The van der Waals surface area contributed by atoms with Crippen molar-refractivity contribution < 1.29 is 9.31 Å². The van der Waals surface area contributed by atoms with Gasteiger partial charge in [-0.25, -0.2) is 0 Å². The van der Waals surface area contributed by atoms with Crippen molar-refractivity contribution in [3.8, 4) is 6.07 Å². The van der Waals surface area contributed by atoms with Crippen molar-refractivity contribution in [1.82, 2.24) is 0 Å². The predicted octanol–water partition coefficient (Wildman–Crippen LogP) is 2.27. The van der Waals surface area contributed by atoms with E-state index in [-0.39, 0.29) is 5.56 Å². The molecule has 0 aliphatic heterocycles. The average Bonchev–Trinajstić information content (AvgIpc) is 2.16. The van der Waals surface area contributed by atoms with E-state index < -0.39 is 16.4 Å². The lowest BCUT2D eigenvalue weighted by atomic mass is 10.2. The molecular formula is C9H5FN2O2. The van der Waals surface area contributed by atoms with E-state index in [0.29, 0.717) is 0 Å². The summed E-state index contributed by atoms with van der Waals surface area (Å²) < 4.78 is 13.2. The highest BCUT2D eigenvalue weighted by Crippen LogP contribution is 2.20. The largest absolute Gasteiger partial charge is 0.305 e. The van der Waals surface area contributed by atoms with Crippen LogP contribution in [0.3, 0.4) is 0 Å². The van der Waals surface area contributed by atoms with Gasteiger partial charge in [-0.15, -0.1) is 0 Å². The van der Waals surface area contributed by atoms with Crippen LogP contribution in [0.5, 0.6) is 0 Å². The van der Waals surface area contributed by atoms with Crippen molar-refractivity contribution in [3.63, 3.8) is 0 Å². The molecule has 0 saturated carbocycles. The minimum Gasteiger partial charge on any atom is -0.258 e. The summed E-state index contributed by atoms with van der Waals surface area (Å²) in [6.45, 7) is 0. The molecule has 4 nitrogen and oxygen atoms in total. The first-order valence-corrected chi connectivity index (χ1v) is 3.66. The predicted molar refractivity (Wildman–Crippen MR) is 47.7 cm³/mol. The highest BCUT2D eigenvalue weighted by atomic mass is 19.1. The monoisotopic (exact) mass is 192 g/mol. The highest BCUT2D eigenvalue weighted by molar-refractivity contribution is 5.56. The first-order chi connectivity index (χ1) is 6.66. The molecule has 0 aliphatic carbocycles. The third-order valence-corrected chi connectivity index (χ3v) is 1.54. The van der Waals surface area contributed by atoms with Gasteiger partial charge in [0.15, 0.2) is 0 Å². The van der Waals surface area contributed by atoms with E-state index in [9.17, 15) is 14.5 Å². The van der Waals surface area contributed by atoms with E-state index in [1.165, 1.54) is 18.2 Å². The summed E-state index contributed by atoms with van der Waals surface area (Å²) >= 11 is 0. The average molecular weight is 192 g/mol. The summed E-state index contributed by atoms with van der Waals surface area (Å²) in [4.78, 5) is 9.52. The fraction of sp³-hybridized carbons (Fsp3) is 0. The normalized spacial score (nSPS) is 10.0. The first kappa shape index (κ1) is 9.86. The van der Waals surface area contributed by atoms with Gasteiger partial charge in [0.25, 0.3) is 0 Å². The molecule has 1 aromatic rings. The molecule has 0 N–H and O–H groups in total. The standard InChI is InChI=1S/C9H5FN2O2/c10-9-7(4-2-6-11)3-1-5-8(9)12(13)14/h1-5H. The molecule has 0 aromatic heterocycles. The van der Waals surface area contributed by atoms with Crippen molar-refractivity contribution in [2.45, 2.75) is 0 Å². The van der Waals surface area contributed by atoms with Crippen molar-refractivity contribution in [3.05, 3.63) is 45.8 Å². The smallest absolute Gasteiger partial charge is 0.258 e. The van der Waals surface area contributed by atoms with Gasteiger partial charge in [-0.3, -0.25) is 10.1 Å². The van der Waals surface area contributed by atoms with Crippen LogP contribution in [0.15, 0.2) is 24.3 Å². The fourth-order valence-electron chi connectivity index (χ4n) is 0.934. The summed E-state index contributed by atoms with van der Waals surface area (Å²) in [7, 11) is 0. The number of allylic oxidation sites excluding steroid dienone is 1. The van der Waals surface area contributed by atoms with Gasteiger partial charge < -0.3 is 0 Å². The van der Waals surface area contributed by atoms with E-state index >= 15 is 0 Å². The topological polar surface area (TPSA) is 66.9 Å². The third kappa shape index (κ3) is 1.93. The Morgan fingerprint density at radius 3 is 2.86 bits per heavy atom. The Balaban J connectivity index is 3.22. The maximum atomic E-state index is 13.2. The molecular weight excluding hydrogens is 187 g/mol. The van der Waals surface area contributed by atoms with E-state index in [4.69, 9.17) is 5.26 Å². The second-order valence-corrected chi connectivity index (χ2v) is 2.40. The number of hydrogen-bond donors (Lipinski definition) is 0. The van der Waals surface area contributed by atoms with Crippen LogP contribution in [-0.2, 0) is 0 Å². The van der Waals surface area contributed by atoms with E-state index in [2.05, 4.69) is 0 Å². The number of nitriles is 1.